The Morgan fingerprint density at radius 1 is 1.04 bits per heavy atom. The summed E-state index contributed by atoms with van der Waals surface area (Å²) in [4.78, 5) is 5.93. The molecular formula is C20H24N4OS. The normalized spacial score (nSPS) is 16.8. The van der Waals surface area contributed by atoms with E-state index in [1.54, 1.807) is 11.3 Å². The first-order valence-electron chi connectivity index (χ1n) is 9.06. The molecule has 0 N–H and O–H groups in total. The van der Waals surface area contributed by atoms with E-state index in [9.17, 15) is 0 Å². The van der Waals surface area contributed by atoms with Gasteiger partial charge in [-0.2, -0.15) is 0 Å². The van der Waals surface area contributed by atoms with E-state index in [1.807, 2.05) is 17.5 Å². The van der Waals surface area contributed by atoms with E-state index in [-0.39, 0.29) is 6.04 Å². The second-order valence-electron chi connectivity index (χ2n) is 6.84. The largest absolute Gasteiger partial charge is 0.418 e. The zero-order valence-electron chi connectivity index (χ0n) is 15.5. The van der Waals surface area contributed by atoms with Crippen molar-refractivity contribution >= 4 is 17.0 Å². The van der Waals surface area contributed by atoms with Gasteiger partial charge in [0.1, 0.15) is 0 Å². The summed E-state index contributed by atoms with van der Waals surface area (Å²) in [7, 11) is 0. The summed E-state index contributed by atoms with van der Waals surface area (Å²) >= 11 is 1.62. The van der Waals surface area contributed by atoms with Crippen molar-refractivity contribution in [2.75, 3.05) is 31.1 Å². The minimum Gasteiger partial charge on any atom is -0.418 e. The Labute approximate surface area is 158 Å². The topological polar surface area (TPSA) is 45.4 Å². The molecule has 0 radical (unpaired) electrons. The number of nitrogens with zero attached hydrogens (tertiary/aromatic N) is 4. The summed E-state index contributed by atoms with van der Waals surface area (Å²) in [6, 6.07) is 10.7. The standard InChI is InChI=1S/C20H24N4OS/c1-14-6-4-7-17(15(14)2)24-11-9-23(10-12-24)16(3)19-21-22-20(25-19)18-8-5-13-26-18/h4-8,13,16H,9-12H2,1-3H3/t16-/m0/s1. The van der Waals surface area contributed by atoms with Crippen LogP contribution in [0.3, 0.4) is 0 Å². The van der Waals surface area contributed by atoms with Gasteiger partial charge in [0.2, 0.25) is 5.89 Å². The van der Waals surface area contributed by atoms with Crippen LogP contribution >= 0.6 is 11.3 Å². The van der Waals surface area contributed by atoms with E-state index in [0.29, 0.717) is 11.8 Å². The predicted octanol–water partition coefficient (Wildman–Crippen LogP) is 4.30. The summed E-state index contributed by atoms with van der Waals surface area (Å²) < 4.78 is 5.92. The number of hydrogen-bond acceptors (Lipinski definition) is 6. The van der Waals surface area contributed by atoms with Crippen molar-refractivity contribution in [1.82, 2.24) is 15.1 Å². The quantitative estimate of drug-likeness (QED) is 0.687. The van der Waals surface area contributed by atoms with E-state index >= 15 is 0 Å². The van der Waals surface area contributed by atoms with Crippen molar-refractivity contribution in [3.8, 4) is 10.8 Å². The average Bonchev–Trinajstić information content (AvgIpc) is 3.35. The fraction of sp³-hybridized carbons (Fsp3) is 0.400. The van der Waals surface area contributed by atoms with E-state index in [2.05, 4.69) is 59.0 Å². The van der Waals surface area contributed by atoms with Crippen molar-refractivity contribution in [2.24, 2.45) is 0 Å². The summed E-state index contributed by atoms with van der Waals surface area (Å²) in [5.41, 5.74) is 4.09. The minimum absolute atomic E-state index is 0.136. The van der Waals surface area contributed by atoms with Gasteiger partial charge < -0.3 is 9.32 Å². The van der Waals surface area contributed by atoms with E-state index < -0.39 is 0 Å². The molecule has 26 heavy (non-hydrogen) atoms. The third-order valence-corrected chi connectivity index (χ3v) is 6.17. The molecule has 1 aliphatic heterocycles. The Kier molecular flexibility index (Phi) is 4.78. The van der Waals surface area contributed by atoms with Crippen LogP contribution in [0, 0.1) is 13.8 Å². The molecule has 0 amide bonds. The molecule has 0 saturated carbocycles. The van der Waals surface area contributed by atoms with Crippen LogP contribution in [0.25, 0.3) is 10.8 Å². The molecule has 1 saturated heterocycles. The minimum atomic E-state index is 0.136. The summed E-state index contributed by atoms with van der Waals surface area (Å²) in [6.45, 7) is 10.6. The molecule has 5 nitrogen and oxygen atoms in total. The van der Waals surface area contributed by atoms with Crippen LogP contribution in [0.5, 0.6) is 0 Å². The number of aryl methyl sites for hydroxylation is 1. The van der Waals surface area contributed by atoms with Gasteiger partial charge in [0, 0.05) is 31.9 Å². The van der Waals surface area contributed by atoms with Gasteiger partial charge in [0.25, 0.3) is 5.89 Å². The predicted molar refractivity (Wildman–Crippen MR) is 106 cm³/mol. The molecule has 6 heteroatoms. The van der Waals surface area contributed by atoms with Gasteiger partial charge in [0.05, 0.1) is 10.9 Å². The smallest absolute Gasteiger partial charge is 0.257 e. The lowest BCUT2D eigenvalue weighted by molar-refractivity contribution is 0.173. The Morgan fingerprint density at radius 2 is 1.85 bits per heavy atom. The Balaban J connectivity index is 1.42. The van der Waals surface area contributed by atoms with Gasteiger partial charge in [-0.1, -0.05) is 18.2 Å². The monoisotopic (exact) mass is 368 g/mol. The molecule has 0 spiro atoms. The van der Waals surface area contributed by atoms with Gasteiger partial charge in [-0.25, -0.2) is 0 Å². The van der Waals surface area contributed by atoms with Gasteiger partial charge >= 0.3 is 0 Å². The number of thiophene rings is 1. The maximum atomic E-state index is 5.92. The van der Waals surface area contributed by atoms with Crippen molar-refractivity contribution in [3.63, 3.8) is 0 Å². The molecule has 1 atom stereocenters. The van der Waals surface area contributed by atoms with Crippen LogP contribution in [0.1, 0.15) is 30.0 Å². The van der Waals surface area contributed by atoms with Gasteiger partial charge in [0.15, 0.2) is 0 Å². The number of aromatic nitrogens is 2. The lowest BCUT2D eigenvalue weighted by Gasteiger charge is -2.38. The fourth-order valence-electron chi connectivity index (χ4n) is 3.49. The number of piperazine rings is 1. The van der Waals surface area contributed by atoms with Crippen LogP contribution in [0.15, 0.2) is 40.1 Å². The Hall–Kier alpha value is -2.18. The number of hydrogen-bond donors (Lipinski definition) is 0. The van der Waals surface area contributed by atoms with E-state index in [0.717, 1.165) is 31.1 Å². The SMILES string of the molecule is Cc1cccc(N2CCN([C@@H](C)c3nnc(-c4cccs4)o3)CC2)c1C. The summed E-state index contributed by atoms with van der Waals surface area (Å²) in [5.74, 6) is 1.32. The van der Waals surface area contributed by atoms with Crippen LogP contribution in [-0.4, -0.2) is 41.3 Å². The molecular weight excluding hydrogens is 344 g/mol. The lowest BCUT2D eigenvalue weighted by atomic mass is 10.1. The highest BCUT2D eigenvalue weighted by atomic mass is 32.1. The number of anilines is 1. The average molecular weight is 369 g/mol. The van der Waals surface area contributed by atoms with E-state index in [4.69, 9.17) is 4.42 Å². The zero-order chi connectivity index (χ0) is 18.1. The molecule has 3 aromatic rings. The van der Waals surface area contributed by atoms with Crippen molar-refractivity contribution in [3.05, 3.63) is 52.7 Å². The zero-order valence-corrected chi connectivity index (χ0v) is 16.3. The second kappa shape index (κ2) is 7.21. The maximum absolute atomic E-state index is 5.92. The first kappa shape index (κ1) is 17.2. The van der Waals surface area contributed by atoms with Gasteiger partial charge in [-0.3, -0.25) is 4.90 Å². The highest BCUT2D eigenvalue weighted by Crippen LogP contribution is 2.29. The van der Waals surface area contributed by atoms with Crippen molar-refractivity contribution in [1.29, 1.82) is 0 Å². The molecule has 4 rings (SSSR count). The van der Waals surface area contributed by atoms with E-state index in [1.165, 1.54) is 16.8 Å². The molecule has 0 unspecified atom stereocenters. The molecule has 1 aliphatic rings. The molecule has 1 aromatic carbocycles. The summed E-state index contributed by atoms with van der Waals surface area (Å²) in [5, 5.41) is 10.5. The highest BCUT2D eigenvalue weighted by Gasteiger charge is 2.26. The third-order valence-electron chi connectivity index (χ3n) is 5.31. The maximum Gasteiger partial charge on any atom is 0.257 e. The van der Waals surface area contributed by atoms with Crippen LogP contribution in [-0.2, 0) is 0 Å². The Bertz CT molecular complexity index is 866. The fourth-order valence-corrected chi connectivity index (χ4v) is 4.13. The molecule has 2 aromatic heterocycles. The van der Waals surface area contributed by atoms with Gasteiger partial charge in [-0.05, 0) is 49.4 Å². The van der Waals surface area contributed by atoms with Crippen LogP contribution in [0.2, 0.25) is 0 Å². The number of rotatable bonds is 4. The van der Waals surface area contributed by atoms with Gasteiger partial charge in [-0.15, -0.1) is 21.5 Å². The van der Waals surface area contributed by atoms with Crippen molar-refractivity contribution in [2.45, 2.75) is 26.8 Å². The first-order valence-corrected chi connectivity index (χ1v) is 9.94. The van der Waals surface area contributed by atoms with Crippen LogP contribution in [0.4, 0.5) is 5.69 Å². The summed E-state index contributed by atoms with van der Waals surface area (Å²) in [6.07, 6.45) is 0. The Morgan fingerprint density at radius 3 is 2.58 bits per heavy atom. The molecule has 1 fully saturated rings. The molecule has 136 valence electrons. The lowest BCUT2D eigenvalue weighted by Crippen LogP contribution is -2.47. The molecule has 0 bridgehead atoms. The molecule has 0 aliphatic carbocycles. The third kappa shape index (κ3) is 3.27. The van der Waals surface area contributed by atoms with Crippen molar-refractivity contribution < 1.29 is 4.42 Å². The number of benzene rings is 1. The highest BCUT2D eigenvalue weighted by molar-refractivity contribution is 7.13. The van der Waals surface area contributed by atoms with Crippen LogP contribution < -0.4 is 4.90 Å². The second-order valence-corrected chi connectivity index (χ2v) is 7.79. The molecule has 3 heterocycles. The first-order chi connectivity index (χ1) is 12.6.